The zero-order valence-electron chi connectivity index (χ0n) is 7.87. The Morgan fingerprint density at radius 1 is 1.53 bits per heavy atom. The number of carbonyl (C=O) groups excluding carboxylic acids is 1. The number of carboxylic acid groups (broad SMARTS) is 1. The molecule has 0 bridgehead atoms. The fourth-order valence-electron chi connectivity index (χ4n) is 1.14. The van der Waals surface area contributed by atoms with Crippen molar-refractivity contribution in [1.82, 2.24) is 5.32 Å². The third kappa shape index (κ3) is 3.59. The molecule has 0 saturated carbocycles. The molecule has 0 fully saturated rings. The predicted molar refractivity (Wildman–Crippen MR) is 56.6 cm³/mol. The lowest BCUT2D eigenvalue weighted by Crippen LogP contribution is -2.23. The number of nitrogens with one attached hydrogen (secondary N) is 1. The second kappa shape index (κ2) is 5.36. The van der Waals surface area contributed by atoms with Gasteiger partial charge in [0.25, 0.3) is 0 Å². The van der Waals surface area contributed by atoms with Crippen LogP contribution in [-0.2, 0) is 6.42 Å². The number of hydrogen-bond acceptors (Lipinski definition) is 2. The first kappa shape index (κ1) is 11.5. The van der Waals surface area contributed by atoms with Gasteiger partial charge in [-0.05, 0) is 18.1 Å². The molecule has 0 aromatic heterocycles. The van der Waals surface area contributed by atoms with Crippen LogP contribution in [0.2, 0.25) is 5.02 Å². The molecule has 15 heavy (non-hydrogen) atoms. The first-order valence-electron chi connectivity index (χ1n) is 4.34. The number of rotatable bonds is 4. The van der Waals surface area contributed by atoms with Crippen molar-refractivity contribution >= 4 is 24.0 Å². The third-order valence-electron chi connectivity index (χ3n) is 1.88. The summed E-state index contributed by atoms with van der Waals surface area (Å²) in [5.41, 5.74) is 1.32. The molecule has 0 heterocycles. The Bertz CT molecular complexity index is 379. The topological polar surface area (TPSA) is 66.4 Å². The fourth-order valence-corrected chi connectivity index (χ4v) is 1.43. The molecule has 0 aliphatic rings. The smallest absolute Gasteiger partial charge is 0.404 e. The van der Waals surface area contributed by atoms with E-state index in [1.807, 2.05) is 0 Å². The minimum atomic E-state index is -1.06. The standard InChI is InChI=1S/C10H10ClNO3/c11-9-5-7(6-13)1-2-8(9)3-4-12-10(14)15/h1-2,5-6,12H,3-4H2,(H,14,15). The molecule has 5 heteroatoms. The van der Waals surface area contributed by atoms with Crippen molar-refractivity contribution in [1.29, 1.82) is 0 Å². The van der Waals surface area contributed by atoms with Crippen LogP contribution in [0.15, 0.2) is 18.2 Å². The Balaban J connectivity index is 2.62. The number of halogens is 1. The number of aldehydes is 1. The van der Waals surface area contributed by atoms with Crippen LogP contribution in [0, 0.1) is 0 Å². The highest BCUT2D eigenvalue weighted by Gasteiger charge is 2.02. The molecule has 0 aliphatic heterocycles. The second-order valence-electron chi connectivity index (χ2n) is 2.95. The Morgan fingerprint density at radius 3 is 2.80 bits per heavy atom. The summed E-state index contributed by atoms with van der Waals surface area (Å²) in [5.74, 6) is 0. The van der Waals surface area contributed by atoms with Crippen LogP contribution in [0.1, 0.15) is 15.9 Å². The van der Waals surface area contributed by atoms with E-state index in [-0.39, 0.29) is 0 Å². The van der Waals surface area contributed by atoms with Crippen molar-refractivity contribution in [3.63, 3.8) is 0 Å². The van der Waals surface area contributed by atoms with E-state index in [4.69, 9.17) is 16.7 Å². The van der Waals surface area contributed by atoms with Crippen molar-refractivity contribution in [3.8, 4) is 0 Å². The SMILES string of the molecule is O=Cc1ccc(CCNC(=O)O)c(Cl)c1. The molecule has 0 aliphatic carbocycles. The van der Waals surface area contributed by atoms with Crippen LogP contribution in [-0.4, -0.2) is 24.0 Å². The number of carbonyl (C=O) groups is 2. The molecule has 0 unspecified atom stereocenters. The molecular weight excluding hydrogens is 218 g/mol. The van der Waals surface area contributed by atoms with E-state index in [0.29, 0.717) is 29.8 Å². The van der Waals surface area contributed by atoms with Gasteiger partial charge in [-0.15, -0.1) is 0 Å². The molecular formula is C10H10ClNO3. The van der Waals surface area contributed by atoms with E-state index < -0.39 is 6.09 Å². The van der Waals surface area contributed by atoms with Gasteiger partial charge < -0.3 is 10.4 Å². The maximum Gasteiger partial charge on any atom is 0.404 e. The first-order valence-corrected chi connectivity index (χ1v) is 4.71. The van der Waals surface area contributed by atoms with Gasteiger partial charge in [0.05, 0.1) is 0 Å². The average Bonchev–Trinajstić information content (AvgIpc) is 2.20. The molecule has 2 N–H and O–H groups in total. The Hall–Kier alpha value is -1.55. The molecule has 0 spiro atoms. The molecule has 1 rings (SSSR count). The van der Waals surface area contributed by atoms with Crippen molar-refractivity contribution in [2.24, 2.45) is 0 Å². The van der Waals surface area contributed by atoms with Gasteiger partial charge in [0.15, 0.2) is 0 Å². The monoisotopic (exact) mass is 227 g/mol. The molecule has 0 saturated heterocycles. The second-order valence-corrected chi connectivity index (χ2v) is 3.36. The van der Waals surface area contributed by atoms with E-state index >= 15 is 0 Å². The Morgan fingerprint density at radius 2 is 2.27 bits per heavy atom. The van der Waals surface area contributed by atoms with Crippen LogP contribution in [0.3, 0.4) is 0 Å². The summed E-state index contributed by atoms with van der Waals surface area (Å²) < 4.78 is 0. The number of benzene rings is 1. The predicted octanol–water partition coefficient (Wildman–Crippen LogP) is 1.96. The van der Waals surface area contributed by atoms with E-state index in [0.717, 1.165) is 5.56 Å². The van der Waals surface area contributed by atoms with Gasteiger partial charge in [-0.3, -0.25) is 4.79 Å². The Kier molecular flexibility index (Phi) is 4.12. The maximum absolute atomic E-state index is 10.4. The zero-order chi connectivity index (χ0) is 11.3. The van der Waals surface area contributed by atoms with E-state index in [1.165, 1.54) is 0 Å². The van der Waals surface area contributed by atoms with Crippen LogP contribution in [0.25, 0.3) is 0 Å². The van der Waals surface area contributed by atoms with E-state index in [9.17, 15) is 9.59 Å². The number of hydrogen-bond donors (Lipinski definition) is 2. The van der Waals surface area contributed by atoms with Crippen LogP contribution in [0.5, 0.6) is 0 Å². The van der Waals surface area contributed by atoms with Crippen LogP contribution < -0.4 is 5.32 Å². The summed E-state index contributed by atoms with van der Waals surface area (Å²) in [4.78, 5) is 20.6. The summed E-state index contributed by atoms with van der Waals surface area (Å²) in [6.45, 7) is 0.301. The minimum absolute atomic E-state index is 0.301. The zero-order valence-corrected chi connectivity index (χ0v) is 8.62. The molecule has 1 aromatic carbocycles. The van der Waals surface area contributed by atoms with Gasteiger partial charge >= 0.3 is 6.09 Å². The minimum Gasteiger partial charge on any atom is -0.465 e. The van der Waals surface area contributed by atoms with Crippen molar-refractivity contribution in [2.75, 3.05) is 6.54 Å². The van der Waals surface area contributed by atoms with Crippen molar-refractivity contribution in [3.05, 3.63) is 34.3 Å². The molecule has 0 radical (unpaired) electrons. The lowest BCUT2D eigenvalue weighted by molar-refractivity contribution is 0.112. The van der Waals surface area contributed by atoms with E-state index in [2.05, 4.69) is 5.32 Å². The fraction of sp³-hybridized carbons (Fsp3) is 0.200. The van der Waals surface area contributed by atoms with Gasteiger partial charge in [0, 0.05) is 17.1 Å². The molecule has 1 amide bonds. The molecule has 1 aromatic rings. The summed E-state index contributed by atoms with van der Waals surface area (Å²) in [6.07, 6.45) is 0.158. The van der Waals surface area contributed by atoms with E-state index in [1.54, 1.807) is 18.2 Å². The number of amides is 1. The molecule has 80 valence electrons. The van der Waals surface area contributed by atoms with Crippen molar-refractivity contribution in [2.45, 2.75) is 6.42 Å². The summed E-state index contributed by atoms with van der Waals surface area (Å²) in [5, 5.41) is 11.1. The van der Waals surface area contributed by atoms with Crippen LogP contribution >= 0.6 is 11.6 Å². The van der Waals surface area contributed by atoms with Gasteiger partial charge in [-0.2, -0.15) is 0 Å². The normalized spacial score (nSPS) is 9.67. The molecule has 4 nitrogen and oxygen atoms in total. The lowest BCUT2D eigenvalue weighted by atomic mass is 10.1. The largest absolute Gasteiger partial charge is 0.465 e. The average molecular weight is 228 g/mol. The van der Waals surface area contributed by atoms with Gasteiger partial charge in [0.1, 0.15) is 6.29 Å². The highest BCUT2D eigenvalue weighted by atomic mass is 35.5. The summed E-state index contributed by atoms with van der Waals surface area (Å²) in [6, 6.07) is 4.93. The third-order valence-corrected chi connectivity index (χ3v) is 2.24. The van der Waals surface area contributed by atoms with Gasteiger partial charge in [-0.25, -0.2) is 4.79 Å². The van der Waals surface area contributed by atoms with Gasteiger partial charge in [-0.1, -0.05) is 23.7 Å². The summed E-state index contributed by atoms with van der Waals surface area (Å²) in [7, 11) is 0. The van der Waals surface area contributed by atoms with Crippen molar-refractivity contribution < 1.29 is 14.7 Å². The quantitative estimate of drug-likeness (QED) is 0.773. The summed E-state index contributed by atoms with van der Waals surface area (Å²) >= 11 is 5.89. The van der Waals surface area contributed by atoms with Gasteiger partial charge in [0.2, 0.25) is 0 Å². The first-order chi connectivity index (χ1) is 7.13. The highest BCUT2D eigenvalue weighted by molar-refractivity contribution is 6.31. The lowest BCUT2D eigenvalue weighted by Gasteiger charge is -2.04. The molecule has 0 atom stereocenters. The maximum atomic E-state index is 10.4. The Labute approximate surface area is 91.9 Å². The van der Waals surface area contributed by atoms with Crippen LogP contribution in [0.4, 0.5) is 4.79 Å². The highest BCUT2D eigenvalue weighted by Crippen LogP contribution is 2.17.